The Morgan fingerprint density at radius 1 is 1.04 bits per heavy atom. The molecule has 2 amide bonds. The Kier molecular flexibility index (Phi) is 9.48. The molecule has 3 aromatic rings. The van der Waals surface area contributed by atoms with Gasteiger partial charge in [0, 0.05) is 70.8 Å². The number of morpholine rings is 1. The molecule has 18 heteroatoms. The summed E-state index contributed by atoms with van der Waals surface area (Å²) in [5.41, 5.74) is 5.81. The van der Waals surface area contributed by atoms with Gasteiger partial charge in [-0.1, -0.05) is 6.08 Å². The minimum absolute atomic E-state index is 0.138. The summed E-state index contributed by atoms with van der Waals surface area (Å²) >= 11 is 0. The summed E-state index contributed by atoms with van der Waals surface area (Å²) in [6.07, 6.45) is 0.830. The first-order chi connectivity index (χ1) is 22.8. The fraction of sp³-hybridized carbons (Fsp3) is 0.500. The molecule has 3 aromatic heterocycles. The minimum atomic E-state index is -4.70. The Morgan fingerprint density at radius 2 is 1.77 bits per heavy atom. The molecule has 3 aliphatic rings. The number of aromatic nitrogens is 4. The average molecular weight is 679 g/mol. The number of amides is 2. The number of ether oxygens (including phenoxy) is 1. The molecule has 6 heterocycles. The van der Waals surface area contributed by atoms with Gasteiger partial charge in [-0.15, -0.1) is 5.10 Å². The molecule has 3 N–H and O–H groups in total. The van der Waals surface area contributed by atoms with Crippen LogP contribution in [0.1, 0.15) is 11.1 Å². The first-order valence-electron chi connectivity index (χ1n) is 15.4. The zero-order valence-electron chi connectivity index (χ0n) is 25.9. The van der Waals surface area contributed by atoms with Crippen LogP contribution in [0, 0.1) is 0 Å². The van der Waals surface area contributed by atoms with Gasteiger partial charge in [0.05, 0.1) is 44.0 Å². The third kappa shape index (κ3) is 7.82. The summed E-state index contributed by atoms with van der Waals surface area (Å²) in [7, 11) is 0. The highest BCUT2D eigenvalue weighted by atomic mass is 19.4. The highest BCUT2D eigenvalue weighted by Gasteiger charge is 2.43. The van der Waals surface area contributed by atoms with Gasteiger partial charge in [0.15, 0.2) is 11.6 Å². The summed E-state index contributed by atoms with van der Waals surface area (Å²) < 4.78 is 74.7. The second-order valence-electron chi connectivity index (χ2n) is 12.0. The van der Waals surface area contributed by atoms with Gasteiger partial charge in [-0.2, -0.15) is 13.2 Å². The predicted molar refractivity (Wildman–Crippen MR) is 164 cm³/mol. The maximum atomic E-state index is 14.0. The number of hydrogen-bond donors (Lipinski definition) is 2. The largest absolute Gasteiger partial charge is 0.417 e. The molecule has 258 valence electrons. The summed E-state index contributed by atoms with van der Waals surface area (Å²) in [6, 6.07) is 2.69. The number of fused-ring (bicyclic) bond motifs is 1. The van der Waals surface area contributed by atoms with Gasteiger partial charge in [0.25, 0.3) is 5.92 Å². The highest BCUT2D eigenvalue weighted by molar-refractivity contribution is 5.91. The lowest BCUT2D eigenvalue weighted by Gasteiger charge is -2.37. The van der Waals surface area contributed by atoms with E-state index in [0.717, 1.165) is 17.8 Å². The van der Waals surface area contributed by atoms with E-state index in [2.05, 4.69) is 25.3 Å². The Labute approximate surface area is 272 Å². The number of carbonyl (C=O) groups is 2. The number of halogens is 5. The first kappa shape index (κ1) is 33.5. The molecule has 0 aromatic carbocycles. The maximum Gasteiger partial charge on any atom is 0.417 e. The zero-order chi connectivity index (χ0) is 34.1. The Hall–Kier alpha value is -4.42. The summed E-state index contributed by atoms with van der Waals surface area (Å²) in [5, 5.41) is 6.99. The van der Waals surface area contributed by atoms with Crippen LogP contribution in [0.2, 0.25) is 0 Å². The zero-order valence-corrected chi connectivity index (χ0v) is 25.9. The van der Waals surface area contributed by atoms with Crippen molar-refractivity contribution in [3.05, 3.63) is 47.8 Å². The Balaban J connectivity index is 1.09. The van der Waals surface area contributed by atoms with E-state index in [0.29, 0.717) is 70.4 Å². The number of pyridine rings is 1. The lowest BCUT2D eigenvalue weighted by atomic mass is 10.1. The van der Waals surface area contributed by atoms with Crippen molar-refractivity contribution in [2.45, 2.75) is 18.6 Å². The second-order valence-corrected chi connectivity index (χ2v) is 12.0. The number of carbonyl (C=O) groups excluding carboxylic acids is 2. The number of piperazine rings is 1. The standard InChI is InChI=1S/C30H35F5N10O3/c31-29(32)18-42(19-29)3-1-2-25(46)38-15-26(47)43-6-4-41(5-7-43)16-20-12-23-28(44-8-10-48-11-9-44)39-27(40-45(23)17-20)21-14-37-24(36)13-22(21)30(33,34)35/h1-2,12-14,17H,3-11,15-16,18-19H2,(H2,36,37)(H,38,46)/b2-1+. The van der Waals surface area contributed by atoms with E-state index in [4.69, 9.17) is 10.5 Å². The molecule has 3 fully saturated rings. The van der Waals surface area contributed by atoms with E-state index in [1.807, 2.05) is 11.0 Å². The fourth-order valence-corrected chi connectivity index (χ4v) is 5.92. The number of rotatable bonds is 9. The third-order valence-corrected chi connectivity index (χ3v) is 8.37. The minimum Gasteiger partial charge on any atom is -0.384 e. The van der Waals surface area contributed by atoms with Crippen molar-refractivity contribution in [3.63, 3.8) is 0 Å². The van der Waals surface area contributed by atoms with Gasteiger partial charge in [-0.3, -0.25) is 19.4 Å². The van der Waals surface area contributed by atoms with E-state index in [9.17, 15) is 31.5 Å². The third-order valence-electron chi connectivity index (χ3n) is 8.37. The van der Waals surface area contributed by atoms with E-state index < -0.39 is 23.6 Å². The van der Waals surface area contributed by atoms with Crippen molar-refractivity contribution in [2.75, 3.05) is 89.3 Å². The highest BCUT2D eigenvalue weighted by Crippen LogP contribution is 2.37. The Bertz CT molecular complexity index is 1680. The quantitative estimate of drug-likeness (QED) is 0.253. The molecule has 0 saturated carbocycles. The topological polar surface area (TPSA) is 137 Å². The number of likely N-dealkylation sites (tertiary alicyclic amines) is 1. The van der Waals surface area contributed by atoms with Gasteiger partial charge in [0.1, 0.15) is 11.3 Å². The number of hydrogen-bond acceptors (Lipinski definition) is 10. The van der Waals surface area contributed by atoms with Gasteiger partial charge in [-0.05, 0) is 17.7 Å². The van der Waals surface area contributed by atoms with E-state index in [1.54, 1.807) is 11.1 Å². The number of nitrogens with two attached hydrogens (primary N) is 1. The molecule has 3 saturated heterocycles. The average Bonchev–Trinajstić information content (AvgIpc) is 3.45. The monoisotopic (exact) mass is 678 g/mol. The van der Waals surface area contributed by atoms with Crippen LogP contribution in [0.5, 0.6) is 0 Å². The molecule has 3 aliphatic heterocycles. The molecule has 0 spiro atoms. The van der Waals surface area contributed by atoms with Crippen LogP contribution < -0.4 is 16.0 Å². The second kappa shape index (κ2) is 13.6. The maximum absolute atomic E-state index is 14.0. The van der Waals surface area contributed by atoms with Gasteiger partial charge >= 0.3 is 6.18 Å². The smallest absolute Gasteiger partial charge is 0.384 e. The lowest BCUT2D eigenvalue weighted by Crippen LogP contribution is -2.55. The van der Waals surface area contributed by atoms with Crippen LogP contribution in [-0.2, 0) is 27.0 Å². The van der Waals surface area contributed by atoms with Gasteiger partial charge in [0.2, 0.25) is 11.8 Å². The number of nitrogen functional groups attached to an aromatic ring is 1. The van der Waals surface area contributed by atoms with Crippen LogP contribution in [0.15, 0.2) is 36.7 Å². The van der Waals surface area contributed by atoms with Crippen molar-refractivity contribution in [2.24, 2.45) is 0 Å². The molecule has 0 radical (unpaired) electrons. The van der Waals surface area contributed by atoms with Gasteiger partial charge < -0.3 is 25.6 Å². The summed E-state index contributed by atoms with van der Waals surface area (Å²) in [5.74, 6) is -3.30. The van der Waals surface area contributed by atoms with Gasteiger partial charge in [-0.25, -0.2) is 23.3 Å². The van der Waals surface area contributed by atoms with Crippen molar-refractivity contribution < 1.29 is 36.3 Å². The molecular weight excluding hydrogens is 643 g/mol. The van der Waals surface area contributed by atoms with Crippen LogP contribution >= 0.6 is 0 Å². The van der Waals surface area contributed by atoms with E-state index in [-0.39, 0.29) is 49.3 Å². The molecule has 48 heavy (non-hydrogen) atoms. The van der Waals surface area contributed by atoms with Crippen molar-refractivity contribution >= 4 is 29.0 Å². The fourth-order valence-electron chi connectivity index (χ4n) is 5.92. The molecule has 0 unspecified atom stereocenters. The predicted octanol–water partition coefficient (Wildman–Crippen LogP) is 1.50. The molecule has 0 bridgehead atoms. The lowest BCUT2D eigenvalue weighted by molar-refractivity contribution is -0.137. The summed E-state index contributed by atoms with van der Waals surface area (Å²) in [4.78, 5) is 40.5. The molecule has 13 nitrogen and oxygen atoms in total. The number of anilines is 2. The number of nitrogens with one attached hydrogen (secondary N) is 1. The molecular formula is C30H35F5N10O3. The Morgan fingerprint density at radius 3 is 2.46 bits per heavy atom. The molecule has 0 atom stereocenters. The van der Waals surface area contributed by atoms with Crippen LogP contribution in [0.4, 0.5) is 33.6 Å². The van der Waals surface area contributed by atoms with Crippen molar-refractivity contribution in [1.29, 1.82) is 0 Å². The first-order valence-corrected chi connectivity index (χ1v) is 15.4. The van der Waals surface area contributed by atoms with E-state index in [1.165, 1.54) is 21.6 Å². The SMILES string of the molecule is Nc1cc(C(F)(F)F)c(-c2nc(N3CCOCC3)c3cc(CN4CCN(C(=O)CNC(=O)/C=C/CN5CC(F)(F)C5)CC4)cn3n2)cn1. The van der Waals surface area contributed by atoms with Crippen LogP contribution in [0.3, 0.4) is 0 Å². The van der Waals surface area contributed by atoms with Crippen molar-refractivity contribution in [3.8, 4) is 11.4 Å². The van der Waals surface area contributed by atoms with Crippen molar-refractivity contribution in [1.82, 2.24) is 39.6 Å². The number of nitrogens with zero attached hydrogens (tertiary/aromatic N) is 8. The number of alkyl halides is 5. The molecule has 6 rings (SSSR count). The van der Waals surface area contributed by atoms with Crippen LogP contribution in [0.25, 0.3) is 16.9 Å². The van der Waals surface area contributed by atoms with E-state index >= 15 is 0 Å². The normalized spacial score (nSPS) is 19.2. The molecule has 0 aliphatic carbocycles. The van der Waals surface area contributed by atoms with Crippen LogP contribution in [-0.4, -0.2) is 131 Å². The summed E-state index contributed by atoms with van der Waals surface area (Å²) in [6.45, 7) is 3.80.